The van der Waals surface area contributed by atoms with Crippen LogP contribution in [0.3, 0.4) is 0 Å². The van der Waals surface area contributed by atoms with Crippen molar-refractivity contribution >= 4 is 11.5 Å². The number of ether oxygens (including phenoxy) is 1. The van der Waals surface area contributed by atoms with Crippen LogP contribution in [0.4, 0.5) is 5.82 Å². The molecular weight excluding hydrogens is 242 g/mol. The Bertz CT molecular complexity index is 756. The first-order valence-corrected chi connectivity index (χ1v) is 5.93. The molecule has 0 fully saturated rings. The molecule has 0 radical (unpaired) electrons. The average molecular weight is 257 g/mol. The van der Waals surface area contributed by atoms with Crippen LogP contribution in [0.1, 0.15) is 5.69 Å². The summed E-state index contributed by atoms with van der Waals surface area (Å²) in [5.41, 5.74) is 9.58. The summed E-state index contributed by atoms with van der Waals surface area (Å²) in [4.78, 5) is 4.59. The first-order chi connectivity index (χ1) is 9.13. The quantitative estimate of drug-likeness (QED) is 0.757. The van der Waals surface area contributed by atoms with Crippen LogP contribution < -0.4 is 10.5 Å². The predicted molar refractivity (Wildman–Crippen MR) is 73.1 cm³/mol. The van der Waals surface area contributed by atoms with E-state index < -0.39 is 0 Å². The van der Waals surface area contributed by atoms with Crippen LogP contribution in [0.25, 0.3) is 16.9 Å². The fraction of sp³-hybridized carbons (Fsp3) is 0.231. The molecule has 0 bridgehead atoms. The Kier molecular flexibility index (Phi) is 2.45. The third kappa shape index (κ3) is 1.56. The topological polar surface area (TPSA) is 70.4 Å². The summed E-state index contributed by atoms with van der Waals surface area (Å²) >= 11 is 0. The number of anilines is 1. The molecule has 6 heteroatoms. The molecule has 0 saturated carbocycles. The number of pyridine rings is 1. The first kappa shape index (κ1) is 11.6. The van der Waals surface area contributed by atoms with E-state index in [9.17, 15) is 0 Å². The number of nitrogens with two attached hydrogens (primary N) is 1. The zero-order chi connectivity index (χ0) is 13.6. The molecule has 6 nitrogen and oxygen atoms in total. The summed E-state index contributed by atoms with van der Waals surface area (Å²) < 4.78 is 8.93. The molecule has 3 aromatic rings. The van der Waals surface area contributed by atoms with Crippen LogP contribution in [0, 0.1) is 6.92 Å². The maximum absolute atomic E-state index is 6.18. The minimum atomic E-state index is 0.588. The summed E-state index contributed by atoms with van der Waals surface area (Å²) in [6.45, 7) is 1.99. The van der Waals surface area contributed by atoms with Crippen molar-refractivity contribution in [3.8, 4) is 17.0 Å². The van der Waals surface area contributed by atoms with Crippen LogP contribution in [0.2, 0.25) is 0 Å². The third-order valence-corrected chi connectivity index (χ3v) is 3.36. The van der Waals surface area contributed by atoms with Crippen LogP contribution in [0.15, 0.2) is 24.5 Å². The average Bonchev–Trinajstić information content (AvgIpc) is 2.92. The molecule has 3 heterocycles. The van der Waals surface area contributed by atoms with Gasteiger partial charge in [-0.2, -0.15) is 5.10 Å². The second-order valence-corrected chi connectivity index (χ2v) is 4.38. The van der Waals surface area contributed by atoms with Crippen LogP contribution in [-0.2, 0) is 7.05 Å². The standard InChI is InChI=1S/C13H15N5O/c1-8-9(7-15-17(8)2)11-12(14)18-6-4-5-10(19-3)13(18)16-11/h4-7H,14H2,1-3H3. The van der Waals surface area contributed by atoms with E-state index in [4.69, 9.17) is 10.5 Å². The van der Waals surface area contributed by atoms with E-state index in [0.717, 1.165) is 17.0 Å². The van der Waals surface area contributed by atoms with Gasteiger partial charge in [0.05, 0.1) is 13.3 Å². The fourth-order valence-electron chi connectivity index (χ4n) is 2.15. The van der Waals surface area contributed by atoms with Gasteiger partial charge in [0.15, 0.2) is 11.4 Å². The van der Waals surface area contributed by atoms with Crippen molar-refractivity contribution in [2.75, 3.05) is 12.8 Å². The normalized spacial score (nSPS) is 11.1. The maximum Gasteiger partial charge on any atom is 0.181 e. The highest BCUT2D eigenvalue weighted by Gasteiger charge is 2.17. The van der Waals surface area contributed by atoms with Crippen LogP contribution >= 0.6 is 0 Å². The summed E-state index contributed by atoms with van der Waals surface area (Å²) in [7, 11) is 3.51. The summed E-state index contributed by atoms with van der Waals surface area (Å²) in [5.74, 6) is 1.28. The number of fused-ring (bicyclic) bond motifs is 1. The minimum Gasteiger partial charge on any atom is -0.493 e. The third-order valence-electron chi connectivity index (χ3n) is 3.36. The van der Waals surface area contributed by atoms with Gasteiger partial charge in [-0.15, -0.1) is 0 Å². The van der Waals surface area contributed by atoms with Crippen molar-refractivity contribution in [2.24, 2.45) is 7.05 Å². The lowest BCUT2D eigenvalue weighted by molar-refractivity contribution is 0.417. The number of imidazole rings is 1. The van der Waals surface area contributed by atoms with Gasteiger partial charge in [0, 0.05) is 24.5 Å². The van der Waals surface area contributed by atoms with E-state index in [2.05, 4.69) is 10.1 Å². The van der Waals surface area contributed by atoms with Gasteiger partial charge in [-0.25, -0.2) is 4.98 Å². The van der Waals surface area contributed by atoms with E-state index in [-0.39, 0.29) is 0 Å². The molecule has 0 spiro atoms. The smallest absolute Gasteiger partial charge is 0.181 e. The Balaban J connectivity index is 2.31. The highest BCUT2D eigenvalue weighted by atomic mass is 16.5. The maximum atomic E-state index is 6.18. The summed E-state index contributed by atoms with van der Waals surface area (Å²) in [6, 6.07) is 3.74. The predicted octanol–water partition coefficient (Wildman–Crippen LogP) is 1.63. The van der Waals surface area contributed by atoms with E-state index >= 15 is 0 Å². The van der Waals surface area contributed by atoms with Gasteiger partial charge in [0.2, 0.25) is 0 Å². The second-order valence-electron chi connectivity index (χ2n) is 4.38. The van der Waals surface area contributed by atoms with E-state index in [0.29, 0.717) is 17.2 Å². The Morgan fingerprint density at radius 1 is 1.37 bits per heavy atom. The monoisotopic (exact) mass is 257 g/mol. The van der Waals surface area contributed by atoms with E-state index in [1.165, 1.54) is 0 Å². The molecule has 0 aliphatic carbocycles. The highest BCUT2D eigenvalue weighted by Crippen LogP contribution is 2.31. The number of hydrogen-bond donors (Lipinski definition) is 1. The molecular formula is C13H15N5O. The number of nitrogen functional groups attached to an aromatic ring is 1. The van der Waals surface area contributed by atoms with Crippen LogP contribution in [-0.4, -0.2) is 26.3 Å². The van der Waals surface area contributed by atoms with Gasteiger partial charge in [0.1, 0.15) is 11.5 Å². The Hall–Kier alpha value is -2.50. The van der Waals surface area contributed by atoms with Crippen molar-refractivity contribution in [2.45, 2.75) is 6.92 Å². The van der Waals surface area contributed by atoms with Gasteiger partial charge in [0.25, 0.3) is 0 Å². The van der Waals surface area contributed by atoms with Gasteiger partial charge in [-0.3, -0.25) is 9.08 Å². The molecule has 98 valence electrons. The fourth-order valence-corrected chi connectivity index (χ4v) is 2.15. The van der Waals surface area contributed by atoms with Crippen molar-refractivity contribution in [3.05, 3.63) is 30.2 Å². The molecule has 2 N–H and O–H groups in total. The van der Waals surface area contributed by atoms with Crippen molar-refractivity contribution in [1.82, 2.24) is 19.2 Å². The van der Waals surface area contributed by atoms with E-state index in [1.54, 1.807) is 18.0 Å². The molecule has 3 rings (SSSR count). The lowest BCUT2D eigenvalue weighted by Gasteiger charge is -2.01. The number of nitrogens with zero attached hydrogens (tertiary/aromatic N) is 4. The zero-order valence-corrected chi connectivity index (χ0v) is 11.1. The molecule has 0 aliphatic heterocycles. The van der Waals surface area contributed by atoms with Gasteiger partial charge in [-0.1, -0.05) is 0 Å². The molecule has 0 amide bonds. The second kappa shape index (κ2) is 4.01. The van der Waals surface area contributed by atoms with Gasteiger partial charge in [-0.05, 0) is 19.1 Å². The molecule has 3 aromatic heterocycles. The number of rotatable bonds is 2. The van der Waals surface area contributed by atoms with Crippen molar-refractivity contribution < 1.29 is 4.74 Å². The largest absolute Gasteiger partial charge is 0.493 e. The van der Waals surface area contributed by atoms with Crippen molar-refractivity contribution in [3.63, 3.8) is 0 Å². The molecule has 0 aromatic carbocycles. The molecule has 0 saturated heterocycles. The Morgan fingerprint density at radius 2 is 2.16 bits per heavy atom. The Morgan fingerprint density at radius 3 is 2.79 bits per heavy atom. The Labute approximate surface area is 110 Å². The SMILES string of the molecule is COc1cccn2c(N)c(-c3cnn(C)c3C)nc12. The van der Waals surface area contributed by atoms with E-state index in [1.807, 2.05) is 36.7 Å². The number of aromatic nitrogens is 4. The summed E-state index contributed by atoms with van der Waals surface area (Å²) in [5, 5.41) is 4.23. The lowest BCUT2D eigenvalue weighted by Crippen LogP contribution is -1.96. The molecule has 0 atom stereocenters. The first-order valence-electron chi connectivity index (χ1n) is 5.93. The molecule has 0 aliphatic rings. The highest BCUT2D eigenvalue weighted by molar-refractivity contribution is 5.77. The number of hydrogen-bond acceptors (Lipinski definition) is 4. The summed E-state index contributed by atoms with van der Waals surface area (Å²) in [6.07, 6.45) is 3.65. The van der Waals surface area contributed by atoms with Crippen LogP contribution in [0.5, 0.6) is 5.75 Å². The number of aryl methyl sites for hydroxylation is 1. The van der Waals surface area contributed by atoms with Gasteiger partial charge < -0.3 is 10.5 Å². The lowest BCUT2D eigenvalue weighted by atomic mass is 10.2. The molecule has 19 heavy (non-hydrogen) atoms. The molecule has 0 unspecified atom stereocenters. The number of methoxy groups -OCH3 is 1. The van der Waals surface area contributed by atoms with Crippen molar-refractivity contribution in [1.29, 1.82) is 0 Å². The van der Waals surface area contributed by atoms with Gasteiger partial charge >= 0.3 is 0 Å². The minimum absolute atomic E-state index is 0.588. The zero-order valence-electron chi connectivity index (χ0n) is 11.1.